The molecular formula is C14H16F3NOS. The standard InChI is InChI=1S/C14H16F3NOS/c1-2-18-12(8-19-9-14(15,16)17)11-5-3-4-10-6-7-20-13(10)11/h3-7,12,18H,2,8-9H2,1H3. The molecule has 1 unspecified atom stereocenters. The van der Waals surface area contributed by atoms with E-state index >= 15 is 0 Å². The van der Waals surface area contributed by atoms with Crippen molar-refractivity contribution in [2.75, 3.05) is 19.8 Å². The van der Waals surface area contributed by atoms with E-state index in [4.69, 9.17) is 4.74 Å². The van der Waals surface area contributed by atoms with Gasteiger partial charge in [-0.1, -0.05) is 25.1 Å². The van der Waals surface area contributed by atoms with Gasteiger partial charge in [-0.25, -0.2) is 0 Å². The number of ether oxygens (including phenoxy) is 1. The smallest absolute Gasteiger partial charge is 0.370 e. The van der Waals surface area contributed by atoms with Crippen LogP contribution in [0.1, 0.15) is 18.5 Å². The van der Waals surface area contributed by atoms with Gasteiger partial charge < -0.3 is 10.1 Å². The predicted molar refractivity (Wildman–Crippen MR) is 75.1 cm³/mol. The number of nitrogens with one attached hydrogen (secondary N) is 1. The zero-order valence-corrected chi connectivity index (χ0v) is 11.9. The van der Waals surface area contributed by atoms with E-state index < -0.39 is 12.8 Å². The van der Waals surface area contributed by atoms with Crippen molar-refractivity contribution in [3.8, 4) is 0 Å². The minimum Gasteiger partial charge on any atom is -0.370 e. The predicted octanol–water partition coefficient (Wildman–Crippen LogP) is 4.13. The minimum absolute atomic E-state index is 0.00433. The van der Waals surface area contributed by atoms with Crippen LogP contribution in [0.5, 0.6) is 0 Å². The quantitative estimate of drug-likeness (QED) is 0.866. The third-order valence-corrected chi connectivity index (χ3v) is 3.86. The first-order valence-electron chi connectivity index (χ1n) is 6.35. The van der Waals surface area contributed by atoms with Gasteiger partial charge in [0.25, 0.3) is 0 Å². The molecule has 0 radical (unpaired) electrons. The lowest BCUT2D eigenvalue weighted by Gasteiger charge is -2.19. The number of thiophene rings is 1. The fourth-order valence-electron chi connectivity index (χ4n) is 2.09. The van der Waals surface area contributed by atoms with Crippen molar-refractivity contribution >= 4 is 21.4 Å². The molecule has 1 atom stereocenters. The minimum atomic E-state index is -4.29. The summed E-state index contributed by atoms with van der Waals surface area (Å²) in [6.45, 7) is 1.38. The van der Waals surface area contributed by atoms with Gasteiger partial charge in [-0.2, -0.15) is 13.2 Å². The van der Waals surface area contributed by atoms with Crippen LogP contribution in [-0.4, -0.2) is 25.9 Å². The maximum Gasteiger partial charge on any atom is 0.411 e. The van der Waals surface area contributed by atoms with E-state index in [1.807, 2.05) is 36.6 Å². The summed E-state index contributed by atoms with van der Waals surface area (Å²) in [6.07, 6.45) is -4.29. The van der Waals surface area contributed by atoms with Gasteiger partial charge in [0.05, 0.1) is 12.6 Å². The van der Waals surface area contributed by atoms with E-state index in [0.29, 0.717) is 6.54 Å². The van der Waals surface area contributed by atoms with Crippen LogP contribution in [0.25, 0.3) is 10.1 Å². The third-order valence-electron chi connectivity index (χ3n) is 2.89. The fourth-order valence-corrected chi connectivity index (χ4v) is 3.06. The van der Waals surface area contributed by atoms with Gasteiger partial charge >= 0.3 is 6.18 Å². The lowest BCUT2D eigenvalue weighted by molar-refractivity contribution is -0.175. The van der Waals surface area contributed by atoms with Crippen LogP contribution in [0, 0.1) is 0 Å². The van der Waals surface area contributed by atoms with Crippen LogP contribution in [0.4, 0.5) is 13.2 Å². The first kappa shape index (κ1) is 15.3. The lowest BCUT2D eigenvalue weighted by Crippen LogP contribution is -2.28. The van der Waals surface area contributed by atoms with Gasteiger partial charge in [-0.3, -0.25) is 0 Å². The topological polar surface area (TPSA) is 21.3 Å². The van der Waals surface area contributed by atoms with Crippen LogP contribution in [0.2, 0.25) is 0 Å². The molecule has 110 valence electrons. The van der Waals surface area contributed by atoms with E-state index in [1.54, 1.807) is 11.3 Å². The SMILES string of the molecule is CCNC(COCC(F)(F)F)c1cccc2ccsc12. The molecule has 0 aliphatic carbocycles. The Morgan fingerprint density at radius 3 is 2.80 bits per heavy atom. The van der Waals surface area contributed by atoms with Crippen molar-refractivity contribution in [1.29, 1.82) is 0 Å². The molecule has 0 aliphatic rings. The monoisotopic (exact) mass is 303 g/mol. The van der Waals surface area contributed by atoms with Crippen molar-refractivity contribution in [2.24, 2.45) is 0 Å². The molecular weight excluding hydrogens is 287 g/mol. The van der Waals surface area contributed by atoms with Crippen LogP contribution in [0.15, 0.2) is 29.6 Å². The summed E-state index contributed by atoms with van der Waals surface area (Å²) in [5, 5.41) is 6.26. The van der Waals surface area contributed by atoms with E-state index in [2.05, 4.69) is 5.32 Å². The first-order chi connectivity index (χ1) is 9.51. The highest BCUT2D eigenvalue weighted by atomic mass is 32.1. The van der Waals surface area contributed by atoms with Gasteiger partial charge in [-0.05, 0) is 28.9 Å². The summed E-state index contributed by atoms with van der Waals surface area (Å²) in [4.78, 5) is 0. The van der Waals surface area contributed by atoms with E-state index in [9.17, 15) is 13.2 Å². The highest BCUT2D eigenvalue weighted by Gasteiger charge is 2.28. The Morgan fingerprint density at radius 2 is 2.10 bits per heavy atom. The molecule has 1 heterocycles. The van der Waals surface area contributed by atoms with Crippen molar-refractivity contribution in [1.82, 2.24) is 5.32 Å². The molecule has 2 rings (SSSR count). The van der Waals surface area contributed by atoms with Gasteiger partial charge in [0.2, 0.25) is 0 Å². The maximum absolute atomic E-state index is 12.2. The van der Waals surface area contributed by atoms with Gasteiger partial charge in [0, 0.05) is 4.70 Å². The van der Waals surface area contributed by atoms with E-state index in [0.717, 1.165) is 15.6 Å². The number of fused-ring (bicyclic) bond motifs is 1. The Bertz CT molecular complexity index is 553. The second-order valence-electron chi connectivity index (χ2n) is 4.43. The number of hydrogen-bond donors (Lipinski definition) is 1. The molecule has 2 nitrogen and oxygen atoms in total. The zero-order chi connectivity index (χ0) is 14.6. The normalized spacial score (nSPS) is 13.8. The number of rotatable bonds is 6. The highest BCUT2D eigenvalue weighted by Crippen LogP contribution is 2.29. The second-order valence-corrected chi connectivity index (χ2v) is 5.34. The zero-order valence-electron chi connectivity index (χ0n) is 11.0. The van der Waals surface area contributed by atoms with E-state index in [1.165, 1.54) is 0 Å². The molecule has 6 heteroatoms. The Balaban J connectivity index is 2.13. The summed E-state index contributed by atoms with van der Waals surface area (Å²) >= 11 is 1.59. The van der Waals surface area contributed by atoms with E-state index in [-0.39, 0.29) is 12.6 Å². The molecule has 0 aliphatic heterocycles. The summed E-state index contributed by atoms with van der Waals surface area (Å²) in [6, 6.07) is 7.62. The average Bonchev–Trinajstić information content (AvgIpc) is 2.84. The van der Waals surface area contributed by atoms with Crippen molar-refractivity contribution in [3.05, 3.63) is 35.2 Å². The lowest BCUT2D eigenvalue weighted by atomic mass is 10.1. The summed E-state index contributed by atoms with van der Waals surface area (Å²) < 4.78 is 42.4. The molecule has 0 bridgehead atoms. The molecule has 1 aromatic carbocycles. The van der Waals surface area contributed by atoms with Crippen LogP contribution in [-0.2, 0) is 4.74 Å². The number of alkyl halides is 3. The molecule has 0 saturated heterocycles. The average molecular weight is 303 g/mol. The first-order valence-corrected chi connectivity index (χ1v) is 7.23. The van der Waals surface area contributed by atoms with Gasteiger partial charge in [0.15, 0.2) is 0 Å². The summed E-state index contributed by atoms with van der Waals surface area (Å²) in [7, 11) is 0. The molecule has 1 aromatic heterocycles. The molecule has 0 spiro atoms. The van der Waals surface area contributed by atoms with Crippen molar-refractivity contribution in [3.63, 3.8) is 0 Å². The molecule has 20 heavy (non-hydrogen) atoms. The van der Waals surface area contributed by atoms with Gasteiger partial charge in [0.1, 0.15) is 6.61 Å². The van der Waals surface area contributed by atoms with Crippen molar-refractivity contribution < 1.29 is 17.9 Å². The third kappa shape index (κ3) is 3.94. The number of benzene rings is 1. The highest BCUT2D eigenvalue weighted by molar-refractivity contribution is 7.17. The second kappa shape index (κ2) is 6.56. The van der Waals surface area contributed by atoms with Gasteiger partial charge in [-0.15, -0.1) is 11.3 Å². The fraction of sp³-hybridized carbons (Fsp3) is 0.429. The van der Waals surface area contributed by atoms with Crippen molar-refractivity contribution in [2.45, 2.75) is 19.1 Å². The molecule has 2 aromatic rings. The molecule has 0 saturated carbocycles. The molecule has 1 N–H and O–H groups in total. The Hall–Kier alpha value is -1.11. The summed E-state index contributed by atoms with van der Waals surface area (Å²) in [5.41, 5.74) is 0.988. The number of likely N-dealkylation sites (N-methyl/N-ethyl adjacent to an activating group) is 1. The number of halogens is 3. The Labute approximate surface area is 119 Å². The summed E-state index contributed by atoms with van der Waals surface area (Å²) in [5.74, 6) is 0. The van der Waals surface area contributed by atoms with Crippen LogP contribution in [0.3, 0.4) is 0 Å². The molecule has 0 fully saturated rings. The maximum atomic E-state index is 12.2. The van der Waals surface area contributed by atoms with Crippen LogP contribution >= 0.6 is 11.3 Å². The largest absolute Gasteiger partial charge is 0.411 e. The molecule has 0 amide bonds. The van der Waals surface area contributed by atoms with Crippen LogP contribution < -0.4 is 5.32 Å². The Morgan fingerprint density at radius 1 is 1.30 bits per heavy atom. The number of hydrogen-bond acceptors (Lipinski definition) is 3. The Kier molecular flexibility index (Phi) is 5.01.